The maximum Gasteiger partial charge on any atom is 0.251 e. The summed E-state index contributed by atoms with van der Waals surface area (Å²) in [5.41, 5.74) is 9.28. The lowest BCUT2D eigenvalue weighted by Crippen LogP contribution is -2.24. The van der Waals surface area contributed by atoms with Crippen LogP contribution in [0.3, 0.4) is 0 Å². The zero-order valence-electron chi connectivity index (χ0n) is 22.4. The molecule has 0 fully saturated rings. The number of benzene rings is 1. The SMILES string of the molecule is CCCCCCCCCCCCNC(=O)c1cc(C#C[Si](C)(C)C)cc(C#C[Si](C)(C)C)c1. The van der Waals surface area contributed by atoms with Crippen molar-refractivity contribution in [2.24, 2.45) is 0 Å². The van der Waals surface area contributed by atoms with E-state index in [0.717, 1.165) is 24.1 Å². The Morgan fingerprint density at radius 3 is 1.55 bits per heavy atom. The van der Waals surface area contributed by atoms with Gasteiger partial charge >= 0.3 is 0 Å². The van der Waals surface area contributed by atoms with Crippen molar-refractivity contribution in [1.82, 2.24) is 5.32 Å². The average Bonchev–Trinajstić information content (AvgIpc) is 2.73. The summed E-state index contributed by atoms with van der Waals surface area (Å²) < 4.78 is 0. The van der Waals surface area contributed by atoms with Crippen LogP contribution >= 0.6 is 0 Å². The number of hydrogen-bond donors (Lipinski definition) is 1. The van der Waals surface area contributed by atoms with Gasteiger partial charge in [-0.2, -0.15) is 0 Å². The number of carbonyl (C=O) groups is 1. The van der Waals surface area contributed by atoms with Crippen LogP contribution in [0.15, 0.2) is 18.2 Å². The summed E-state index contributed by atoms with van der Waals surface area (Å²) in [6.07, 6.45) is 13.0. The van der Waals surface area contributed by atoms with Crippen molar-refractivity contribution in [3.63, 3.8) is 0 Å². The molecule has 1 amide bonds. The third-order valence-electron chi connectivity index (χ3n) is 5.17. The van der Waals surface area contributed by atoms with Crippen molar-refractivity contribution in [3.05, 3.63) is 34.9 Å². The van der Waals surface area contributed by atoms with Gasteiger partial charge in [0, 0.05) is 23.2 Å². The molecule has 0 spiro atoms. The molecule has 0 unspecified atom stereocenters. The highest BCUT2D eigenvalue weighted by molar-refractivity contribution is 6.84. The number of carbonyl (C=O) groups excluding carboxylic acids is 1. The van der Waals surface area contributed by atoms with Crippen LogP contribution in [0.25, 0.3) is 0 Å². The fourth-order valence-electron chi connectivity index (χ4n) is 3.34. The monoisotopic (exact) mass is 481 g/mol. The van der Waals surface area contributed by atoms with E-state index in [0.29, 0.717) is 5.56 Å². The van der Waals surface area contributed by atoms with Crippen LogP contribution in [0, 0.1) is 22.9 Å². The van der Waals surface area contributed by atoms with Crippen LogP contribution in [-0.2, 0) is 0 Å². The number of unbranched alkanes of at least 4 members (excludes halogenated alkanes) is 9. The zero-order chi connectivity index (χ0) is 24.7. The van der Waals surface area contributed by atoms with E-state index in [2.05, 4.69) is 74.5 Å². The molecular weight excluding hydrogens is 434 g/mol. The van der Waals surface area contributed by atoms with E-state index in [1.54, 1.807) is 0 Å². The number of rotatable bonds is 12. The first-order valence-corrected chi connectivity index (χ1v) is 20.0. The van der Waals surface area contributed by atoms with E-state index >= 15 is 0 Å². The molecule has 1 rings (SSSR count). The summed E-state index contributed by atoms with van der Waals surface area (Å²) in [5.74, 6) is 6.59. The van der Waals surface area contributed by atoms with Gasteiger partial charge in [0.05, 0.1) is 0 Å². The molecule has 2 nitrogen and oxygen atoms in total. The van der Waals surface area contributed by atoms with Gasteiger partial charge in [0.2, 0.25) is 0 Å². The Balaban J connectivity index is 2.62. The third-order valence-corrected chi connectivity index (χ3v) is 6.92. The highest BCUT2D eigenvalue weighted by Crippen LogP contribution is 2.12. The molecule has 0 saturated heterocycles. The van der Waals surface area contributed by atoms with E-state index in [1.165, 1.54) is 57.8 Å². The van der Waals surface area contributed by atoms with Crippen LogP contribution in [0.4, 0.5) is 0 Å². The predicted octanol–water partition coefficient (Wildman–Crippen LogP) is 7.80. The Kier molecular flexibility index (Phi) is 13.5. The molecule has 1 aromatic rings. The first-order valence-electron chi connectivity index (χ1n) is 13.0. The molecule has 0 radical (unpaired) electrons. The van der Waals surface area contributed by atoms with Gasteiger partial charge in [0.1, 0.15) is 16.1 Å². The summed E-state index contributed by atoms with van der Waals surface area (Å²) in [7, 11) is -2.98. The zero-order valence-corrected chi connectivity index (χ0v) is 24.4. The van der Waals surface area contributed by atoms with Gasteiger partial charge in [-0.15, -0.1) is 11.1 Å². The van der Waals surface area contributed by atoms with E-state index in [9.17, 15) is 4.79 Å². The minimum absolute atomic E-state index is 0.0152. The summed E-state index contributed by atoms with van der Waals surface area (Å²) in [4.78, 5) is 12.8. The van der Waals surface area contributed by atoms with Gasteiger partial charge in [-0.05, 0) is 24.6 Å². The number of hydrogen-bond acceptors (Lipinski definition) is 1. The Bertz CT molecular complexity index is 804. The molecule has 0 aliphatic carbocycles. The van der Waals surface area contributed by atoms with Crippen molar-refractivity contribution in [2.45, 2.75) is 110 Å². The average molecular weight is 482 g/mol. The molecule has 0 aliphatic heterocycles. The standard InChI is InChI=1S/C29H47NOSi2/c1-8-9-10-11-12-13-14-15-16-17-20-30-29(31)28-24-26(18-21-32(2,3)4)23-27(25-28)19-22-33(5,6)7/h23-25H,8-17,20H2,1-7H3,(H,30,31). The Labute approximate surface area is 206 Å². The highest BCUT2D eigenvalue weighted by atomic mass is 28.3. The van der Waals surface area contributed by atoms with Gasteiger partial charge < -0.3 is 5.32 Å². The van der Waals surface area contributed by atoms with Crippen molar-refractivity contribution in [2.75, 3.05) is 6.54 Å². The van der Waals surface area contributed by atoms with Gasteiger partial charge in [0.15, 0.2) is 0 Å². The Morgan fingerprint density at radius 2 is 1.12 bits per heavy atom. The van der Waals surface area contributed by atoms with Crippen molar-refractivity contribution in [3.8, 4) is 22.9 Å². The molecule has 0 atom stereocenters. The second-order valence-electron chi connectivity index (χ2n) is 11.2. The van der Waals surface area contributed by atoms with Crippen molar-refractivity contribution in [1.29, 1.82) is 0 Å². The van der Waals surface area contributed by atoms with Crippen LogP contribution in [0.1, 0.15) is 92.6 Å². The first-order chi connectivity index (χ1) is 15.5. The molecular formula is C29H47NOSi2. The molecule has 0 heterocycles. The smallest absolute Gasteiger partial charge is 0.251 e. The quantitative estimate of drug-likeness (QED) is 0.184. The van der Waals surface area contributed by atoms with E-state index in [-0.39, 0.29) is 5.91 Å². The predicted molar refractivity (Wildman–Crippen MR) is 151 cm³/mol. The summed E-state index contributed by atoms with van der Waals surface area (Å²) in [6.45, 7) is 16.4. The molecule has 33 heavy (non-hydrogen) atoms. The molecule has 4 heteroatoms. The summed E-state index contributed by atoms with van der Waals surface area (Å²) in [5, 5.41) is 3.11. The van der Waals surface area contributed by atoms with Gasteiger partial charge in [-0.3, -0.25) is 4.79 Å². The number of amides is 1. The van der Waals surface area contributed by atoms with Gasteiger partial charge in [-0.25, -0.2) is 0 Å². The maximum absolute atomic E-state index is 12.8. The Morgan fingerprint density at radius 1 is 0.697 bits per heavy atom. The lowest BCUT2D eigenvalue weighted by Gasteiger charge is -2.08. The molecule has 0 aromatic heterocycles. The summed E-state index contributed by atoms with van der Waals surface area (Å²) in [6, 6.07) is 5.86. The maximum atomic E-state index is 12.8. The fraction of sp³-hybridized carbons (Fsp3) is 0.621. The summed E-state index contributed by atoms with van der Waals surface area (Å²) >= 11 is 0. The highest BCUT2D eigenvalue weighted by Gasteiger charge is 2.11. The van der Waals surface area contributed by atoms with E-state index in [1.807, 2.05) is 18.2 Å². The largest absolute Gasteiger partial charge is 0.352 e. The third kappa shape index (κ3) is 15.7. The van der Waals surface area contributed by atoms with Crippen LogP contribution < -0.4 is 5.32 Å². The lowest BCUT2D eigenvalue weighted by atomic mass is 10.1. The van der Waals surface area contributed by atoms with Crippen molar-refractivity contribution < 1.29 is 4.79 Å². The van der Waals surface area contributed by atoms with Crippen LogP contribution in [0.2, 0.25) is 39.3 Å². The minimum Gasteiger partial charge on any atom is -0.352 e. The molecule has 1 N–H and O–H groups in total. The minimum atomic E-state index is -1.49. The second kappa shape index (κ2) is 15.2. The lowest BCUT2D eigenvalue weighted by molar-refractivity contribution is 0.0953. The molecule has 1 aromatic carbocycles. The van der Waals surface area contributed by atoms with Gasteiger partial charge in [-0.1, -0.05) is 116 Å². The number of nitrogens with one attached hydrogen (secondary N) is 1. The van der Waals surface area contributed by atoms with E-state index in [4.69, 9.17) is 0 Å². The molecule has 0 saturated carbocycles. The first kappa shape index (κ1) is 29.3. The van der Waals surface area contributed by atoms with Crippen molar-refractivity contribution >= 4 is 22.1 Å². The van der Waals surface area contributed by atoms with Gasteiger partial charge in [0.25, 0.3) is 5.91 Å². The fourth-order valence-corrected chi connectivity index (χ4v) is 4.38. The van der Waals surface area contributed by atoms with E-state index < -0.39 is 16.1 Å². The van der Waals surface area contributed by atoms with Crippen LogP contribution in [-0.4, -0.2) is 28.6 Å². The molecule has 0 bridgehead atoms. The van der Waals surface area contributed by atoms with Crippen LogP contribution in [0.5, 0.6) is 0 Å². The normalized spacial score (nSPS) is 11.2. The topological polar surface area (TPSA) is 29.1 Å². The molecule has 182 valence electrons. The molecule has 0 aliphatic rings. The Hall–Kier alpha value is -1.76. The second-order valence-corrected chi connectivity index (χ2v) is 20.7.